The van der Waals surface area contributed by atoms with Gasteiger partial charge in [-0.25, -0.2) is 0 Å². The molecule has 0 bridgehead atoms. The molecule has 0 aromatic heterocycles. The van der Waals surface area contributed by atoms with E-state index >= 15 is 0 Å². The summed E-state index contributed by atoms with van der Waals surface area (Å²) < 4.78 is 5.23. The van der Waals surface area contributed by atoms with Gasteiger partial charge in [-0.2, -0.15) is 0 Å². The van der Waals surface area contributed by atoms with Gasteiger partial charge in [-0.05, 0) is 32.9 Å². The standard InChI is InChI=1S/C15H22N2O2/c1-6-10-17(15(2,3)4)14(18)13-11(16)8-7-9-12(13)19-5/h6-9H,1,10,16H2,2-5H3. The number of hydrogen-bond acceptors (Lipinski definition) is 3. The maximum atomic E-state index is 12.7. The Morgan fingerprint density at radius 1 is 1.47 bits per heavy atom. The molecule has 0 fully saturated rings. The number of anilines is 1. The highest BCUT2D eigenvalue weighted by atomic mass is 16.5. The van der Waals surface area contributed by atoms with Gasteiger partial charge in [0.25, 0.3) is 5.91 Å². The van der Waals surface area contributed by atoms with Crippen molar-refractivity contribution in [3.63, 3.8) is 0 Å². The molecule has 19 heavy (non-hydrogen) atoms. The number of methoxy groups -OCH3 is 1. The Labute approximate surface area is 114 Å². The Kier molecular flexibility index (Phi) is 4.59. The zero-order valence-corrected chi connectivity index (χ0v) is 12.1. The molecule has 0 saturated heterocycles. The minimum absolute atomic E-state index is 0.151. The van der Waals surface area contributed by atoms with Crippen molar-refractivity contribution in [1.29, 1.82) is 0 Å². The largest absolute Gasteiger partial charge is 0.496 e. The van der Waals surface area contributed by atoms with Gasteiger partial charge in [0, 0.05) is 17.8 Å². The Hall–Kier alpha value is -1.97. The fourth-order valence-electron chi connectivity index (χ4n) is 1.87. The minimum atomic E-state index is -0.321. The minimum Gasteiger partial charge on any atom is -0.496 e. The van der Waals surface area contributed by atoms with Crippen LogP contribution in [-0.4, -0.2) is 30.0 Å². The highest BCUT2D eigenvalue weighted by Gasteiger charge is 2.29. The van der Waals surface area contributed by atoms with Crippen molar-refractivity contribution < 1.29 is 9.53 Å². The Bertz CT molecular complexity index is 476. The van der Waals surface area contributed by atoms with Crippen LogP contribution in [0.3, 0.4) is 0 Å². The number of carbonyl (C=O) groups excluding carboxylic acids is 1. The van der Waals surface area contributed by atoms with E-state index in [1.165, 1.54) is 7.11 Å². The molecule has 1 aromatic rings. The number of nitrogens with zero attached hydrogens (tertiary/aromatic N) is 1. The van der Waals surface area contributed by atoms with E-state index in [1.54, 1.807) is 29.2 Å². The maximum absolute atomic E-state index is 12.7. The van der Waals surface area contributed by atoms with Crippen LogP contribution in [0.5, 0.6) is 5.75 Å². The smallest absolute Gasteiger partial charge is 0.260 e. The predicted octanol–water partition coefficient (Wildman–Crippen LogP) is 2.70. The molecule has 0 aliphatic heterocycles. The van der Waals surface area contributed by atoms with Gasteiger partial charge in [-0.3, -0.25) is 4.79 Å². The first kappa shape index (κ1) is 15.1. The lowest BCUT2D eigenvalue weighted by molar-refractivity contribution is 0.0614. The van der Waals surface area contributed by atoms with E-state index in [0.717, 1.165) is 0 Å². The van der Waals surface area contributed by atoms with Crippen LogP contribution in [0.2, 0.25) is 0 Å². The molecule has 1 aromatic carbocycles. The van der Waals surface area contributed by atoms with Crippen LogP contribution in [0.25, 0.3) is 0 Å². The van der Waals surface area contributed by atoms with Crippen LogP contribution in [0.15, 0.2) is 30.9 Å². The van der Waals surface area contributed by atoms with Crippen LogP contribution in [0.4, 0.5) is 5.69 Å². The quantitative estimate of drug-likeness (QED) is 0.670. The van der Waals surface area contributed by atoms with Gasteiger partial charge in [0.05, 0.1) is 7.11 Å². The third-order valence-corrected chi connectivity index (χ3v) is 2.86. The molecule has 1 amide bonds. The zero-order chi connectivity index (χ0) is 14.6. The van der Waals surface area contributed by atoms with Crippen LogP contribution in [-0.2, 0) is 0 Å². The normalized spacial score (nSPS) is 10.9. The van der Waals surface area contributed by atoms with Crippen molar-refractivity contribution >= 4 is 11.6 Å². The van der Waals surface area contributed by atoms with Gasteiger partial charge in [-0.1, -0.05) is 12.1 Å². The second-order valence-corrected chi connectivity index (χ2v) is 5.30. The molecule has 104 valence electrons. The number of hydrogen-bond donors (Lipinski definition) is 1. The molecule has 4 heteroatoms. The monoisotopic (exact) mass is 262 g/mol. The summed E-state index contributed by atoms with van der Waals surface area (Å²) in [6.45, 7) is 10.1. The number of nitrogen functional groups attached to an aromatic ring is 1. The fraction of sp³-hybridized carbons (Fsp3) is 0.400. The first-order chi connectivity index (χ1) is 8.82. The van der Waals surface area contributed by atoms with Gasteiger partial charge in [0.15, 0.2) is 0 Å². The molecule has 2 N–H and O–H groups in total. The third-order valence-electron chi connectivity index (χ3n) is 2.86. The summed E-state index contributed by atoms with van der Waals surface area (Å²) in [6.07, 6.45) is 1.70. The van der Waals surface area contributed by atoms with E-state index in [4.69, 9.17) is 10.5 Å². The van der Waals surface area contributed by atoms with Crippen LogP contribution in [0.1, 0.15) is 31.1 Å². The SMILES string of the molecule is C=CCN(C(=O)c1c(N)cccc1OC)C(C)(C)C. The molecule has 0 atom stereocenters. The maximum Gasteiger partial charge on any atom is 0.260 e. The van der Waals surface area contributed by atoms with Gasteiger partial charge in [0.2, 0.25) is 0 Å². The van der Waals surface area contributed by atoms with Crippen molar-refractivity contribution in [1.82, 2.24) is 4.90 Å². The molecule has 0 unspecified atom stereocenters. The molecule has 4 nitrogen and oxygen atoms in total. The zero-order valence-electron chi connectivity index (χ0n) is 12.1. The van der Waals surface area contributed by atoms with Crippen molar-refractivity contribution in [2.75, 3.05) is 19.4 Å². The lowest BCUT2D eigenvalue weighted by atomic mass is 10.0. The topological polar surface area (TPSA) is 55.6 Å². The molecule has 1 rings (SSSR count). The average molecular weight is 262 g/mol. The molecule has 0 aliphatic rings. The molecule has 0 heterocycles. The molecular formula is C15H22N2O2. The van der Waals surface area contributed by atoms with E-state index in [-0.39, 0.29) is 11.4 Å². The van der Waals surface area contributed by atoms with Crippen LogP contribution >= 0.6 is 0 Å². The lowest BCUT2D eigenvalue weighted by Gasteiger charge is -2.35. The van der Waals surface area contributed by atoms with E-state index in [0.29, 0.717) is 23.5 Å². The number of amides is 1. The Morgan fingerprint density at radius 3 is 2.58 bits per heavy atom. The van der Waals surface area contributed by atoms with E-state index in [9.17, 15) is 4.79 Å². The molecule has 0 aliphatic carbocycles. The van der Waals surface area contributed by atoms with Crippen molar-refractivity contribution in [3.05, 3.63) is 36.4 Å². The van der Waals surface area contributed by atoms with Gasteiger partial charge in [-0.15, -0.1) is 6.58 Å². The van der Waals surface area contributed by atoms with Gasteiger partial charge >= 0.3 is 0 Å². The molecular weight excluding hydrogens is 240 g/mol. The summed E-state index contributed by atoms with van der Waals surface area (Å²) >= 11 is 0. The van der Waals surface area contributed by atoms with Gasteiger partial charge < -0.3 is 15.4 Å². The summed E-state index contributed by atoms with van der Waals surface area (Å²) in [6, 6.07) is 5.20. The van der Waals surface area contributed by atoms with Crippen molar-refractivity contribution in [2.24, 2.45) is 0 Å². The molecule has 0 saturated carbocycles. The fourth-order valence-corrected chi connectivity index (χ4v) is 1.87. The second kappa shape index (κ2) is 5.78. The van der Waals surface area contributed by atoms with Crippen LogP contribution < -0.4 is 10.5 Å². The highest BCUT2D eigenvalue weighted by Crippen LogP contribution is 2.28. The molecule has 0 radical (unpaired) electrons. The van der Waals surface area contributed by atoms with Crippen molar-refractivity contribution in [3.8, 4) is 5.75 Å². The summed E-state index contributed by atoms with van der Waals surface area (Å²) in [4.78, 5) is 14.4. The summed E-state index contributed by atoms with van der Waals surface area (Å²) in [5.41, 5.74) is 6.42. The Balaban J connectivity index is 3.28. The van der Waals surface area contributed by atoms with E-state index < -0.39 is 0 Å². The van der Waals surface area contributed by atoms with Crippen molar-refractivity contribution in [2.45, 2.75) is 26.3 Å². The lowest BCUT2D eigenvalue weighted by Crippen LogP contribution is -2.46. The third kappa shape index (κ3) is 3.28. The van der Waals surface area contributed by atoms with Crippen LogP contribution in [0, 0.1) is 0 Å². The number of ether oxygens (including phenoxy) is 1. The summed E-state index contributed by atoms with van der Waals surface area (Å²) in [5, 5.41) is 0. The van der Waals surface area contributed by atoms with Gasteiger partial charge in [0.1, 0.15) is 11.3 Å². The Morgan fingerprint density at radius 2 is 2.11 bits per heavy atom. The number of nitrogens with two attached hydrogens (primary N) is 1. The summed E-state index contributed by atoms with van der Waals surface area (Å²) in [5.74, 6) is 0.339. The predicted molar refractivity (Wildman–Crippen MR) is 78.4 cm³/mol. The first-order valence-electron chi connectivity index (χ1n) is 6.18. The highest BCUT2D eigenvalue weighted by molar-refractivity contribution is 6.02. The molecule has 0 spiro atoms. The summed E-state index contributed by atoms with van der Waals surface area (Å²) in [7, 11) is 1.53. The number of benzene rings is 1. The first-order valence-corrected chi connectivity index (χ1v) is 6.18. The average Bonchev–Trinajstić information content (AvgIpc) is 2.33. The number of rotatable bonds is 4. The van der Waals surface area contributed by atoms with E-state index in [1.807, 2.05) is 20.8 Å². The number of carbonyl (C=O) groups is 1. The second-order valence-electron chi connectivity index (χ2n) is 5.30. The van der Waals surface area contributed by atoms with E-state index in [2.05, 4.69) is 6.58 Å².